The van der Waals surface area contributed by atoms with Crippen LogP contribution in [0.15, 0.2) is 6.20 Å². The Morgan fingerprint density at radius 3 is 2.79 bits per heavy atom. The van der Waals surface area contributed by atoms with Crippen LogP contribution in [0.4, 0.5) is 0 Å². The largest absolute Gasteiger partial charge is 0.292 e. The van der Waals surface area contributed by atoms with E-state index in [-0.39, 0.29) is 5.78 Å². The van der Waals surface area contributed by atoms with Gasteiger partial charge in [-0.1, -0.05) is 31.9 Å². The predicted octanol–water partition coefficient (Wildman–Crippen LogP) is 2.69. The molecule has 0 aliphatic heterocycles. The van der Waals surface area contributed by atoms with Gasteiger partial charge in [-0.3, -0.25) is 9.48 Å². The van der Waals surface area contributed by atoms with Crippen LogP contribution in [-0.4, -0.2) is 15.6 Å². The molecule has 0 bridgehead atoms. The standard InChI is InChI=1S/C10H15ClN2O/c1-4-7(2)5-9(14)10-8(11)6-12-13(10)3/h6-7H,4-5H2,1-3H3. The molecule has 78 valence electrons. The molecule has 4 heteroatoms. The van der Waals surface area contributed by atoms with Crippen LogP contribution in [0.25, 0.3) is 0 Å². The summed E-state index contributed by atoms with van der Waals surface area (Å²) in [6.45, 7) is 4.13. The first-order valence-electron chi connectivity index (χ1n) is 4.77. The maximum atomic E-state index is 11.8. The number of carbonyl (C=O) groups is 1. The van der Waals surface area contributed by atoms with Crippen LogP contribution in [0.2, 0.25) is 5.02 Å². The Hall–Kier alpha value is -0.830. The van der Waals surface area contributed by atoms with Gasteiger partial charge in [0.15, 0.2) is 5.78 Å². The van der Waals surface area contributed by atoms with Gasteiger partial charge in [-0.05, 0) is 5.92 Å². The molecule has 0 aromatic carbocycles. The quantitative estimate of drug-likeness (QED) is 0.723. The highest BCUT2D eigenvalue weighted by molar-refractivity contribution is 6.33. The number of hydrogen-bond donors (Lipinski definition) is 0. The molecule has 0 aliphatic carbocycles. The van der Waals surface area contributed by atoms with E-state index in [9.17, 15) is 4.79 Å². The van der Waals surface area contributed by atoms with Crippen molar-refractivity contribution in [2.24, 2.45) is 13.0 Å². The summed E-state index contributed by atoms with van der Waals surface area (Å²) in [5, 5.41) is 4.38. The van der Waals surface area contributed by atoms with Crippen molar-refractivity contribution in [1.29, 1.82) is 0 Å². The predicted molar refractivity (Wildman–Crippen MR) is 56.6 cm³/mol. The Balaban J connectivity index is 2.79. The summed E-state index contributed by atoms with van der Waals surface area (Å²) in [7, 11) is 1.73. The number of ketones is 1. The molecule has 0 radical (unpaired) electrons. The van der Waals surface area contributed by atoms with E-state index in [1.54, 1.807) is 7.05 Å². The second-order valence-corrected chi connectivity index (χ2v) is 4.01. The Bertz CT molecular complexity index is 313. The second kappa shape index (κ2) is 4.60. The molecule has 14 heavy (non-hydrogen) atoms. The fraction of sp³-hybridized carbons (Fsp3) is 0.600. The summed E-state index contributed by atoms with van der Waals surface area (Å²) >= 11 is 5.86. The molecule has 0 fully saturated rings. The SMILES string of the molecule is CCC(C)CC(=O)c1c(Cl)cnn1C. The molecule has 0 aliphatic rings. The smallest absolute Gasteiger partial charge is 0.182 e. The lowest BCUT2D eigenvalue weighted by Crippen LogP contribution is -2.10. The van der Waals surface area contributed by atoms with Gasteiger partial charge in [0.2, 0.25) is 0 Å². The van der Waals surface area contributed by atoms with E-state index in [4.69, 9.17) is 11.6 Å². The number of hydrogen-bond acceptors (Lipinski definition) is 2. The van der Waals surface area contributed by atoms with Gasteiger partial charge in [0.1, 0.15) is 5.69 Å². The maximum Gasteiger partial charge on any atom is 0.182 e. The van der Waals surface area contributed by atoms with Crippen LogP contribution in [0.5, 0.6) is 0 Å². The average molecular weight is 215 g/mol. The van der Waals surface area contributed by atoms with Gasteiger partial charge in [-0.15, -0.1) is 0 Å². The molecule has 0 spiro atoms. The Labute approximate surface area is 89.1 Å². The average Bonchev–Trinajstić information content (AvgIpc) is 2.46. The summed E-state index contributed by atoms with van der Waals surface area (Å²) in [6.07, 6.45) is 3.04. The molecular weight excluding hydrogens is 200 g/mol. The van der Waals surface area contributed by atoms with E-state index in [1.165, 1.54) is 10.9 Å². The number of aromatic nitrogens is 2. The Morgan fingerprint density at radius 1 is 1.71 bits per heavy atom. The minimum atomic E-state index is 0.0735. The van der Waals surface area contributed by atoms with E-state index >= 15 is 0 Å². The lowest BCUT2D eigenvalue weighted by molar-refractivity contribution is 0.0954. The van der Waals surface area contributed by atoms with Crippen LogP contribution in [0, 0.1) is 5.92 Å². The molecule has 1 unspecified atom stereocenters. The van der Waals surface area contributed by atoms with Gasteiger partial charge in [-0.25, -0.2) is 0 Å². The number of nitrogens with zero attached hydrogens (tertiary/aromatic N) is 2. The molecule has 1 aromatic rings. The molecule has 1 heterocycles. The van der Waals surface area contributed by atoms with Crippen molar-refractivity contribution in [2.45, 2.75) is 26.7 Å². The number of halogens is 1. The second-order valence-electron chi connectivity index (χ2n) is 3.61. The fourth-order valence-electron chi connectivity index (χ4n) is 1.28. The molecule has 1 atom stereocenters. The lowest BCUT2D eigenvalue weighted by atomic mass is 10.0. The van der Waals surface area contributed by atoms with Crippen molar-refractivity contribution in [3.8, 4) is 0 Å². The zero-order chi connectivity index (χ0) is 10.7. The van der Waals surface area contributed by atoms with Crippen molar-refractivity contribution in [1.82, 2.24) is 9.78 Å². The third kappa shape index (κ3) is 2.35. The third-order valence-electron chi connectivity index (χ3n) is 2.39. The van der Waals surface area contributed by atoms with Gasteiger partial charge < -0.3 is 0 Å². The molecule has 0 saturated carbocycles. The first-order valence-corrected chi connectivity index (χ1v) is 5.14. The normalized spacial score (nSPS) is 12.9. The highest BCUT2D eigenvalue weighted by Crippen LogP contribution is 2.19. The van der Waals surface area contributed by atoms with Crippen molar-refractivity contribution >= 4 is 17.4 Å². The van der Waals surface area contributed by atoms with Gasteiger partial charge in [-0.2, -0.15) is 5.10 Å². The number of rotatable bonds is 4. The summed E-state index contributed by atoms with van der Waals surface area (Å²) < 4.78 is 1.53. The van der Waals surface area contributed by atoms with E-state index in [0.29, 0.717) is 23.1 Å². The van der Waals surface area contributed by atoms with Crippen LogP contribution in [-0.2, 0) is 7.05 Å². The highest BCUT2D eigenvalue weighted by Gasteiger charge is 2.17. The van der Waals surface area contributed by atoms with E-state index in [0.717, 1.165) is 6.42 Å². The molecule has 0 amide bonds. The molecule has 3 nitrogen and oxygen atoms in total. The fourth-order valence-corrected chi connectivity index (χ4v) is 1.55. The third-order valence-corrected chi connectivity index (χ3v) is 2.67. The van der Waals surface area contributed by atoms with Crippen LogP contribution in [0.3, 0.4) is 0 Å². The monoisotopic (exact) mass is 214 g/mol. The summed E-state index contributed by atoms with van der Waals surface area (Å²) in [5.41, 5.74) is 0.520. The summed E-state index contributed by atoms with van der Waals surface area (Å²) in [5.74, 6) is 0.470. The number of aryl methyl sites for hydroxylation is 1. The van der Waals surface area contributed by atoms with E-state index < -0.39 is 0 Å². The van der Waals surface area contributed by atoms with E-state index in [1.807, 2.05) is 0 Å². The molecular formula is C10H15ClN2O. The van der Waals surface area contributed by atoms with Crippen LogP contribution in [0.1, 0.15) is 37.2 Å². The van der Waals surface area contributed by atoms with Crippen molar-refractivity contribution in [3.05, 3.63) is 16.9 Å². The number of Topliss-reactive ketones (excluding diaryl/α,β-unsaturated/α-hetero) is 1. The lowest BCUT2D eigenvalue weighted by Gasteiger charge is -2.07. The molecule has 1 rings (SSSR count). The Morgan fingerprint density at radius 2 is 2.36 bits per heavy atom. The van der Waals surface area contributed by atoms with Crippen LogP contribution >= 0.6 is 11.6 Å². The first-order chi connectivity index (χ1) is 6.56. The first kappa shape index (κ1) is 11.2. The highest BCUT2D eigenvalue weighted by atomic mass is 35.5. The summed E-state index contributed by atoms with van der Waals surface area (Å²) in [4.78, 5) is 11.8. The molecule has 1 aromatic heterocycles. The minimum absolute atomic E-state index is 0.0735. The summed E-state index contributed by atoms with van der Waals surface area (Å²) in [6, 6.07) is 0. The van der Waals surface area contributed by atoms with Crippen LogP contribution < -0.4 is 0 Å². The maximum absolute atomic E-state index is 11.8. The molecule has 0 N–H and O–H groups in total. The van der Waals surface area contributed by atoms with Gasteiger partial charge in [0.05, 0.1) is 11.2 Å². The number of carbonyl (C=O) groups excluding carboxylic acids is 1. The molecule has 0 saturated heterocycles. The zero-order valence-corrected chi connectivity index (χ0v) is 9.51. The van der Waals surface area contributed by atoms with Gasteiger partial charge >= 0.3 is 0 Å². The van der Waals surface area contributed by atoms with Crippen molar-refractivity contribution in [3.63, 3.8) is 0 Å². The zero-order valence-electron chi connectivity index (χ0n) is 8.75. The topological polar surface area (TPSA) is 34.9 Å². The van der Waals surface area contributed by atoms with Gasteiger partial charge in [0, 0.05) is 13.5 Å². The van der Waals surface area contributed by atoms with E-state index in [2.05, 4.69) is 18.9 Å². The minimum Gasteiger partial charge on any atom is -0.292 e. The van der Waals surface area contributed by atoms with Crippen molar-refractivity contribution in [2.75, 3.05) is 0 Å². The van der Waals surface area contributed by atoms with Crippen molar-refractivity contribution < 1.29 is 4.79 Å². The van der Waals surface area contributed by atoms with Gasteiger partial charge in [0.25, 0.3) is 0 Å². The Kier molecular flexibility index (Phi) is 3.69.